The summed E-state index contributed by atoms with van der Waals surface area (Å²) in [6.45, 7) is 1.86. The average molecular weight is 263 g/mol. The van der Waals surface area contributed by atoms with Crippen LogP contribution < -0.4 is 5.32 Å². The maximum absolute atomic E-state index is 11.8. The lowest BCUT2D eigenvalue weighted by molar-refractivity contribution is -0.120. The molecule has 18 heavy (non-hydrogen) atoms. The third-order valence-corrected chi connectivity index (χ3v) is 3.62. The molecule has 1 fully saturated rings. The van der Waals surface area contributed by atoms with Crippen molar-refractivity contribution in [1.82, 2.24) is 24.9 Å². The van der Waals surface area contributed by atoms with Gasteiger partial charge < -0.3 is 5.32 Å². The fourth-order valence-electron chi connectivity index (χ4n) is 1.52. The van der Waals surface area contributed by atoms with Crippen molar-refractivity contribution in [2.45, 2.75) is 36.2 Å². The van der Waals surface area contributed by atoms with Gasteiger partial charge in [-0.1, -0.05) is 11.8 Å². The SMILES string of the molecule is C[C@H](Sc1nc2ncccn2n1)C(=O)NC1CC1. The van der Waals surface area contributed by atoms with Crippen molar-refractivity contribution in [3.63, 3.8) is 0 Å². The first kappa shape index (κ1) is 11.5. The third-order valence-electron chi connectivity index (χ3n) is 2.67. The molecule has 1 saturated carbocycles. The summed E-state index contributed by atoms with van der Waals surface area (Å²) in [5.74, 6) is 0.601. The van der Waals surface area contributed by atoms with Crippen molar-refractivity contribution in [2.24, 2.45) is 0 Å². The zero-order valence-corrected chi connectivity index (χ0v) is 10.7. The summed E-state index contributed by atoms with van der Waals surface area (Å²) in [5.41, 5.74) is 0. The molecule has 0 aromatic carbocycles. The molecule has 1 atom stereocenters. The Morgan fingerprint density at radius 2 is 2.44 bits per heavy atom. The van der Waals surface area contributed by atoms with Crippen LogP contribution in [0.15, 0.2) is 23.6 Å². The van der Waals surface area contributed by atoms with Crippen molar-refractivity contribution >= 4 is 23.4 Å². The minimum absolute atomic E-state index is 0.0503. The lowest BCUT2D eigenvalue weighted by Crippen LogP contribution is -2.32. The monoisotopic (exact) mass is 263 g/mol. The van der Waals surface area contributed by atoms with E-state index >= 15 is 0 Å². The summed E-state index contributed by atoms with van der Waals surface area (Å²) in [5, 5.41) is 7.61. The second-order valence-electron chi connectivity index (χ2n) is 4.30. The molecule has 3 rings (SSSR count). The van der Waals surface area contributed by atoms with Crippen LogP contribution in [0.1, 0.15) is 19.8 Å². The van der Waals surface area contributed by atoms with E-state index in [1.54, 1.807) is 23.0 Å². The van der Waals surface area contributed by atoms with Gasteiger partial charge in [-0.05, 0) is 25.8 Å². The molecule has 2 heterocycles. The molecule has 7 heteroatoms. The Hall–Kier alpha value is -1.63. The maximum Gasteiger partial charge on any atom is 0.253 e. The van der Waals surface area contributed by atoms with Gasteiger partial charge in [0.25, 0.3) is 5.78 Å². The Morgan fingerprint density at radius 3 is 3.17 bits per heavy atom. The van der Waals surface area contributed by atoms with Crippen LogP contribution in [0.2, 0.25) is 0 Å². The number of thioether (sulfide) groups is 1. The molecule has 0 aliphatic heterocycles. The van der Waals surface area contributed by atoms with E-state index in [1.165, 1.54) is 11.8 Å². The van der Waals surface area contributed by atoms with Gasteiger partial charge in [0.15, 0.2) is 0 Å². The molecule has 2 aromatic heterocycles. The van der Waals surface area contributed by atoms with E-state index in [4.69, 9.17) is 0 Å². The predicted octanol–water partition coefficient (Wildman–Crippen LogP) is 0.883. The van der Waals surface area contributed by atoms with Crippen molar-refractivity contribution < 1.29 is 4.79 Å². The van der Waals surface area contributed by atoms with Crippen molar-refractivity contribution in [3.8, 4) is 0 Å². The number of nitrogens with zero attached hydrogens (tertiary/aromatic N) is 4. The van der Waals surface area contributed by atoms with Crippen LogP contribution >= 0.6 is 11.8 Å². The number of fused-ring (bicyclic) bond motifs is 1. The van der Waals surface area contributed by atoms with Gasteiger partial charge in [0.2, 0.25) is 11.1 Å². The number of hydrogen-bond donors (Lipinski definition) is 1. The summed E-state index contributed by atoms with van der Waals surface area (Å²) >= 11 is 1.35. The molecule has 6 nitrogen and oxygen atoms in total. The Kier molecular flexibility index (Phi) is 2.91. The van der Waals surface area contributed by atoms with E-state index in [9.17, 15) is 4.79 Å². The highest BCUT2D eigenvalue weighted by molar-refractivity contribution is 8.00. The fraction of sp³-hybridized carbons (Fsp3) is 0.455. The molecule has 2 aromatic rings. The van der Waals surface area contributed by atoms with Crippen molar-refractivity contribution in [2.75, 3.05) is 0 Å². The van der Waals surface area contributed by atoms with Crippen LogP contribution in [0, 0.1) is 0 Å². The number of hydrogen-bond acceptors (Lipinski definition) is 5. The van der Waals surface area contributed by atoms with Crippen LogP contribution in [0.4, 0.5) is 0 Å². The molecule has 94 valence electrons. The quantitative estimate of drug-likeness (QED) is 0.829. The number of amides is 1. The number of carbonyl (C=O) groups excluding carboxylic acids is 1. The number of aromatic nitrogens is 4. The summed E-state index contributed by atoms with van der Waals surface area (Å²) < 4.78 is 1.61. The van der Waals surface area contributed by atoms with E-state index in [1.807, 2.05) is 6.92 Å². The van der Waals surface area contributed by atoms with Gasteiger partial charge in [0.05, 0.1) is 5.25 Å². The first-order valence-corrected chi connectivity index (χ1v) is 6.75. The van der Waals surface area contributed by atoms with Crippen LogP contribution in [0.5, 0.6) is 0 Å². The first-order valence-electron chi connectivity index (χ1n) is 5.87. The Morgan fingerprint density at radius 1 is 1.61 bits per heavy atom. The lowest BCUT2D eigenvalue weighted by Gasteiger charge is -2.08. The van der Waals surface area contributed by atoms with Crippen molar-refractivity contribution in [3.05, 3.63) is 18.5 Å². The van der Waals surface area contributed by atoms with Crippen LogP contribution in [0.25, 0.3) is 5.78 Å². The van der Waals surface area contributed by atoms with E-state index in [0.717, 1.165) is 12.8 Å². The Balaban J connectivity index is 1.68. The van der Waals surface area contributed by atoms with Crippen LogP contribution in [0.3, 0.4) is 0 Å². The zero-order valence-electron chi connectivity index (χ0n) is 9.91. The molecule has 0 spiro atoms. The van der Waals surface area contributed by atoms with Crippen molar-refractivity contribution in [1.29, 1.82) is 0 Å². The molecule has 0 saturated heterocycles. The molecular formula is C11H13N5OS. The van der Waals surface area contributed by atoms with Crippen LogP contribution in [-0.2, 0) is 4.79 Å². The van der Waals surface area contributed by atoms with E-state index in [0.29, 0.717) is 17.0 Å². The van der Waals surface area contributed by atoms with Gasteiger partial charge >= 0.3 is 0 Å². The van der Waals surface area contributed by atoms with E-state index in [2.05, 4.69) is 20.4 Å². The van der Waals surface area contributed by atoms with Gasteiger partial charge in [0.1, 0.15) is 0 Å². The van der Waals surface area contributed by atoms with Gasteiger partial charge in [-0.3, -0.25) is 4.79 Å². The second-order valence-corrected chi connectivity index (χ2v) is 5.61. The summed E-state index contributed by atoms with van der Waals surface area (Å²) in [6, 6.07) is 2.18. The van der Waals surface area contributed by atoms with E-state index in [-0.39, 0.29) is 11.2 Å². The minimum atomic E-state index is -0.192. The van der Waals surface area contributed by atoms with Gasteiger partial charge in [-0.2, -0.15) is 4.98 Å². The molecule has 1 aliphatic carbocycles. The average Bonchev–Trinajstić information content (AvgIpc) is 3.07. The molecule has 0 radical (unpaired) electrons. The summed E-state index contributed by atoms with van der Waals surface area (Å²) in [7, 11) is 0. The Labute approximate surface area is 108 Å². The normalized spacial score (nSPS) is 16.7. The summed E-state index contributed by atoms with van der Waals surface area (Å²) in [4.78, 5) is 20.1. The van der Waals surface area contributed by atoms with Gasteiger partial charge in [0, 0.05) is 18.4 Å². The van der Waals surface area contributed by atoms with E-state index < -0.39 is 0 Å². The highest BCUT2D eigenvalue weighted by Crippen LogP contribution is 2.23. The highest BCUT2D eigenvalue weighted by Gasteiger charge is 2.26. The molecule has 1 N–H and O–H groups in total. The largest absolute Gasteiger partial charge is 0.352 e. The topological polar surface area (TPSA) is 72.2 Å². The first-order chi connectivity index (χ1) is 8.72. The number of nitrogens with one attached hydrogen (secondary N) is 1. The fourth-order valence-corrected chi connectivity index (χ4v) is 2.28. The molecule has 1 amide bonds. The Bertz CT molecular complexity index is 547. The van der Waals surface area contributed by atoms with Crippen LogP contribution in [-0.4, -0.2) is 36.8 Å². The second kappa shape index (κ2) is 4.56. The molecule has 0 bridgehead atoms. The third kappa shape index (κ3) is 2.45. The van der Waals surface area contributed by atoms with Gasteiger partial charge in [-0.15, -0.1) is 5.10 Å². The standard InChI is InChI=1S/C11H13N5OS/c1-7(9(17)13-8-3-4-8)18-11-14-10-12-5-2-6-16(10)15-11/h2,5-8H,3-4H2,1H3,(H,13,17)/t7-/m0/s1. The highest BCUT2D eigenvalue weighted by atomic mass is 32.2. The smallest absolute Gasteiger partial charge is 0.253 e. The zero-order chi connectivity index (χ0) is 12.5. The molecule has 1 aliphatic rings. The maximum atomic E-state index is 11.8. The van der Waals surface area contributed by atoms with Gasteiger partial charge in [-0.25, -0.2) is 9.50 Å². The number of carbonyl (C=O) groups is 1. The summed E-state index contributed by atoms with van der Waals surface area (Å²) in [6.07, 6.45) is 5.65. The molecule has 0 unspecified atom stereocenters. The number of rotatable bonds is 4. The minimum Gasteiger partial charge on any atom is -0.352 e. The molecular weight excluding hydrogens is 250 g/mol. The predicted molar refractivity (Wildman–Crippen MR) is 67.3 cm³/mol. The lowest BCUT2D eigenvalue weighted by atomic mass is 10.4.